The molecule has 1 nitrogen and oxygen atoms in total. The normalized spacial score (nSPS) is 10.6. The summed E-state index contributed by atoms with van der Waals surface area (Å²) in [6, 6.07) is 8.31. The maximum Gasteiger partial charge on any atom is 0.0647 e. The van der Waals surface area contributed by atoms with E-state index in [4.69, 9.17) is 11.6 Å². The van der Waals surface area contributed by atoms with E-state index < -0.39 is 0 Å². The Morgan fingerprint density at radius 3 is 2.85 bits per heavy atom. The highest BCUT2D eigenvalue weighted by Gasteiger charge is 1.97. The average molecular weight is 304 g/mol. The maximum atomic E-state index is 5.70. The van der Waals surface area contributed by atoms with Crippen molar-refractivity contribution >= 4 is 45.0 Å². The van der Waals surface area contributed by atoms with Crippen molar-refractivity contribution in [3.63, 3.8) is 0 Å². The largest absolute Gasteiger partial charge is 0.259 e. The number of halogens is 2. The Labute approximate surface area is 95.3 Å². The summed E-state index contributed by atoms with van der Waals surface area (Å²) >= 11 is 8.00. The molecule has 0 aliphatic carbocycles. The summed E-state index contributed by atoms with van der Waals surface area (Å²) in [6.07, 6.45) is 1.86. The summed E-state index contributed by atoms with van der Waals surface area (Å²) in [5.41, 5.74) is 0.927. The molecule has 0 N–H and O–H groups in total. The van der Waals surface area contributed by atoms with Gasteiger partial charge in [-0.25, -0.2) is 0 Å². The summed E-state index contributed by atoms with van der Waals surface area (Å²) in [4.78, 5) is 4.22. The van der Waals surface area contributed by atoms with Crippen LogP contribution in [-0.2, 0) is 5.88 Å². The van der Waals surface area contributed by atoms with Gasteiger partial charge in [0, 0.05) is 15.2 Å². The predicted octanol–water partition coefficient (Wildman–Crippen LogP) is 3.58. The third kappa shape index (κ3) is 1.94. The molecule has 0 aliphatic rings. The van der Waals surface area contributed by atoms with Gasteiger partial charge in [0.15, 0.2) is 0 Å². The molecule has 1 heterocycles. The molecule has 0 saturated carbocycles. The van der Waals surface area contributed by atoms with Crippen LogP contribution in [0.2, 0.25) is 0 Å². The van der Waals surface area contributed by atoms with Crippen LogP contribution >= 0.6 is 34.2 Å². The zero-order chi connectivity index (χ0) is 9.26. The molecule has 0 atom stereocenters. The number of nitrogens with zero attached hydrogens (tertiary/aromatic N) is 1. The first-order valence-electron chi connectivity index (χ1n) is 3.90. The Balaban J connectivity index is 2.68. The Kier molecular flexibility index (Phi) is 2.69. The van der Waals surface area contributed by atoms with Crippen LogP contribution in [-0.4, -0.2) is 4.98 Å². The van der Waals surface area contributed by atoms with Crippen molar-refractivity contribution < 1.29 is 0 Å². The monoisotopic (exact) mass is 303 g/mol. The highest BCUT2D eigenvalue weighted by atomic mass is 127. The number of pyridine rings is 1. The standard InChI is InChI=1S/C10H7ClIN/c11-5-10-4-8-3-9(12)2-1-7(8)6-13-10/h1-4,6H,5H2. The molecule has 0 radical (unpaired) electrons. The smallest absolute Gasteiger partial charge is 0.0647 e. The van der Waals surface area contributed by atoms with Gasteiger partial charge in [-0.2, -0.15) is 0 Å². The van der Waals surface area contributed by atoms with Crippen molar-refractivity contribution in [3.05, 3.63) is 39.7 Å². The van der Waals surface area contributed by atoms with E-state index in [1.807, 2.05) is 12.3 Å². The zero-order valence-corrected chi connectivity index (χ0v) is 9.71. The van der Waals surface area contributed by atoms with Gasteiger partial charge in [0.2, 0.25) is 0 Å². The number of benzene rings is 1. The van der Waals surface area contributed by atoms with Gasteiger partial charge >= 0.3 is 0 Å². The van der Waals surface area contributed by atoms with Crippen molar-refractivity contribution in [2.24, 2.45) is 0 Å². The van der Waals surface area contributed by atoms with Gasteiger partial charge in [-0.3, -0.25) is 4.98 Å². The van der Waals surface area contributed by atoms with Gasteiger partial charge in [-0.1, -0.05) is 6.07 Å². The van der Waals surface area contributed by atoms with Crippen molar-refractivity contribution in [1.82, 2.24) is 4.98 Å². The fourth-order valence-electron chi connectivity index (χ4n) is 1.23. The molecule has 0 amide bonds. The number of rotatable bonds is 1. The fourth-order valence-corrected chi connectivity index (χ4v) is 1.89. The first kappa shape index (κ1) is 9.21. The molecule has 0 spiro atoms. The van der Waals surface area contributed by atoms with Crippen LogP contribution in [0.3, 0.4) is 0 Å². The number of hydrogen-bond acceptors (Lipinski definition) is 1. The van der Waals surface area contributed by atoms with Crippen molar-refractivity contribution in [2.75, 3.05) is 0 Å². The second-order valence-corrected chi connectivity index (χ2v) is 4.31. The van der Waals surface area contributed by atoms with Crippen LogP contribution in [0, 0.1) is 3.57 Å². The maximum absolute atomic E-state index is 5.70. The lowest BCUT2D eigenvalue weighted by atomic mass is 10.1. The van der Waals surface area contributed by atoms with Gasteiger partial charge in [0.1, 0.15) is 0 Å². The Morgan fingerprint density at radius 1 is 1.23 bits per heavy atom. The van der Waals surface area contributed by atoms with Crippen LogP contribution in [0.25, 0.3) is 10.8 Å². The molecule has 66 valence electrons. The number of alkyl halides is 1. The molecule has 0 aliphatic heterocycles. The molecular formula is C10H7ClIN. The lowest BCUT2D eigenvalue weighted by Gasteiger charge is -1.99. The average Bonchev–Trinajstić information content (AvgIpc) is 2.16. The highest BCUT2D eigenvalue weighted by molar-refractivity contribution is 14.1. The minimum Gasteiger partial charge on any atom is -0.259 e. The summed E-state index contributed by atoms with van der Waals surface area (Å²) in [5, 5.41) is 2.37. The number of aromatic nitrogens is 1. The van der Waals surface area contributed by atoms with Crippen LogP contribution in [0.5, 0.6) is 0 Å². The van der Waals surface area contributed by atoms with E-state index in [1.165, 1.54) is 8.96 Å². The Bertz CT molecular complexity index is 442. The number of fused-ring (bicyclic) bond motifs is 1. The molecule has 13 heavy (non-hydrogen) atoms. The Morgan fingerprint density at radius 2 is 2.08 bits per heavy atom. The molecule has 0 unspecified atom stereocenters. The fraction of sp³-hybridized carbons (Fsp3) is 0.100. The topological polar surface area (TPSA) is 12.9 Å². The van der Waals surface area contributed by atoms with Gasteiger partial charge in [0.05, 0.1) is 11.6 Å². The first-order chi connectivity index (χ1) is 6.29. The van der Waals surface area contributed by atoms with E-state index in [0.29, 0.717) is 5.88 Å². The SMILES string of the molecule is ClCc1cc2cc(I)ccc2cn1. The minimum atomic E-state index is 0.474. The summed E-state index contributed by atoms with van der Waals surface area (Å²) in [5.74, 6) is 0.474. The Hall–Kier alpha value is -0.350. The van der Waals surface area contributed by atoms with Crippen molar-refractivity contribution in [2.45, 2.75) is 5.88 Å². The number of hydrogen-bond donors (Lipinski definition) is 0. The first-order valence-corrected chi connectivity index (χ1v) is 5.51. The molecule has 2 rings (SSSR count). The summed E-state index contributed by atoms with van der Waals surface area (Å²) in [7, 11) is 0. The third-order valence-electron chi connectivity index (χ3n) is 1.88. The molecule has 3 heteroatoms. The zero-order valence-electron chi connectivity index (χ0n) is 6.80. The second kappa shape index (κ2) is 3.80. The molecule has 1 aromatic carbocycles. The third-order valence-corrected chi connectivity index (χ3v) is 2.82. The summed E-state index contributed by atoms with van der Waals surface area (Å²) in [6.45, 7) is 0. The van der Waals surface area contributed by atoms with E-state index >= 15 is 0 Å². The van der Waals surface area contributed by atoms with E-state index in [1.54, 1.807) is 0 Å². The van der Waals surface area contributed by atoms with Crippen LogP contribution in [0.4, 0.5) is 0 Å². The van der Waals surface area contributed by atoms with E-state index in [0.717, 1.165) is 11.1 Å². The van der Waals surface area contributed by atoms with Gasteiger partial charge < -0.3 is 0 Å². The molecule has 0 fully saturated rings. The lowest BCUT2D eigenvalue weighted by Crippen LogP contribution is -1.85. The molecule has 2 aromatic rings. The minimum absolute atomic E-state index is 0.474. The highest BCUT2D eigenvalue weighted by Crippen LogP contribution is 2.17. The van der Waals surface area contributed by atoms with Crippen LogP contribution in [0.1, 0.15) is 5.69 Å². The van der Waals surface area contributed by atoms with E-state index in [2.05, 4.69) is 45.8 Å². The lowest BCUT2D eigenvalue weighted by molar-refractivity contribution is 1.19. The molecule has 1 aromatic heterocycles. The van der Waals surface area contributed by atoms with Gasteiger partial charge in [-0.05, 0) is 46.2 Å². The second-order valence-electron chi connectivity index (χ2n) is 2.80. The van der Waals surface area contributed by atoms with Crippen LogP contribution in [0.15, 0.2) is 30.5 Å². The van der Waals surface area contributed by atoms with E-state index in [-0.39, 0.29) is 0 Å². The predicted molar refractivity (Wildman–Crippen MR) is 64.0 cm³/mol. The van der Waals surface area contributed by atoms with Gasteiger partial charge in [-0.15, -0.1) is 11.6 Å². The molecule has 0 saturated heterocycles. The molecular weight excluding hydrogens is 296 g/mol. The van der Waals surface area contributed by atoms with Crippen molar-refractivity contribution in [1.29, 1.82) is 0 Å². The quantitative estimate of drug-likeness (QED) is 0.580. The molecule has 0 bridgehead atoms. The summed E-state index contributed by atoms with van der Waals surface area (Å²) < 4.78 is 1.23. The van der Waals surface area contributed by atoms with E-state index in [9.17, 15) is 0 Å². The van der Waals surface area contributed by atoms with Crippen LogP contribution < -0.4 is 0 Å². The van der Waals surface area contributed by atoms with Crippen molar-refractivity contribution in [3.8, 4) is 0 Å². The van der Waals surface area contributed by atoms with Gasteiger partial charge in [0.25, 0.3) is 0 Å².